The van der Waals surface area contributed by atoms with Gasteiger partial charge < -0.3 is 35.4 Å². The van der Waals surface area contributed by atoms with E-state index < -0.39 is 51.9 Å². The molecule has 0 aromatic carbocycles. The van der Waals surface area contributed by atoms with Crippen LogP contribution < -0.4 is 11.1 Å². The molecule has 3 amide bonds. The van der Waals surface area contributed by atoms with E-state index in [1.54, 1.807) is 41.5 Å². The fourth-order valence-electron chi connectivity index (χ4n) is 4.63. The van der Waals surface area contributed by atoms with E-state index in [1.165, 1.54) is 34.1 Å². The molecular formula is C34H44F2N8O7. The molecule has 2 aromatic rings. The largest absolute Gasteiger partial charge is 0.480 e. The third kappa shape index (κ3) is 13.0. The highest BCUT2D eigenvalue weighted by molar-refractivity contribution is 5.96. The molecule has 0 aliphatic carbocycles. The Morgan fingerprint density at radius 2 is 1.20 bits per heavy atom. The summed E-state index contributed by atoms with van der Waals surface area (Å²) in [5.74, 6) is -1.98. The summed E-state index contributed by atoms with van der Waals surface area (Å²) in [6.45, 7) is 11.6. The Hall–Kier alpha value is -5.58. The van der Waals surface area contributed by atoms with Gasteiger partial charge in [0.15, 0.2) is 5.41 Å². The normalized spacial score (nSPS) is 16.3. The van der Waals surface area contributed by atoms with Crippen molar-refractivity contribution in [2.45, 2.75) is 78.4 Å². The molecule has 276 valence electrons. The average Bonchev–Trinajstić information content (AvgIpc) is 3.06. The predicted molar refractivity (Wildman–Crippen MR) is 179 cm³/mol. The van der Waals surface area contributed by atoms with E-state index in [0.29, 0.717) is 5.82 Å². The van der Waals surface area contributed by atoms with Crippen LogP contribution in [0.15, 0.2) is 36.7 Å². The number of hydrogen-bond acceptors (Lipinski definition) is 11. The molecule has 4 N–H and O–H groups in total. The van der Waals surface area contributed by atoms with Crippen molar-refractivity contribution in [3.05, 3.63) is 48.3 Å². The maximum atomic E-state index is 12.9. The molecule has 2 aromatic heterocycles. The number of nitrogens with zero attached hydrogens (tertiary/aromatic N) is 6. The van der Waals surface area contributed by atoms with Gasteiger partial charge in [0, 0.05) is 26.2 Å². The maximum absolute atomic E-state index is 12.9. The molecule has 4 heterocycles. The van der Waals surface area contributed by atoms with Crippen LogP contribution in [0, 0.1) is 45.1 Å². The standard InChI is InChI=1S/C17H21FN4O3.C12H18N2O4.C5H5FN2/c1-16(2,3)25-15(24)22-8-6-17(11-19,7-9-22)14(23)21-13-5-4-12(18)10-20-13;1-11(2,3)18-10(17)14-6-4-12(8-13,5-7-14)9(15)16;6-4-1-2-5(7)8-3-4/h4-5,10H,6-9H2,1-3H3,(H,20,21,23);4-7H2,1-3H3,(H,15,16);1-3H,(H2,7,8). The van der Waals surface area contributed by atoms with Crippen molar-refractivity contribution < 1.29 is 42.5 Å². The SMILES string of the molecule is CC(C)(C)OC(=O)N1CCC(C#N)(C(=O)Nc2ccc(F)cn2)CC1.CC(C)(C)OC(=O)N1CCC(C#N)(C(=O)O)CC1.Nc1ccc(F)cn1. The highest BCUT2D eigenvalue weighted by Gasteiger charge is 2.44. The second-order valence-corrected chi connectivity index (χ2v) is 13.8. The van der Waals surface area contributed by atoms with Crippen molar-refractivity contribution in [2.24, 2.45) is 10.8 Å². The number of pyridine rings is 2. The van der Waals surface area contributed by atoms with Crippen LogP contribution in [0.5, 0.6) is 0 Å². The zero-order valence-electron chi connectivity index (χ0n) is 29.5. The van der Waals surface area contributed by atoms with Crippen molar-refractivity contribution >= 4 is 35.7 Å². The Morgan fingerprint density at radius 1 is 0.784 bits per heavy atom. The molecular weight excluding hydrogens is 670 g/mol. The fourth-order valence-corrected chi connectivity index (χ4v) is 4.63. The van der Waals surface area contributed by atoms with Gasteiger partial charge in [-0.1, -0.05) is 0 Å². The second kappa shape index (κ2) is 17.4. The van der Waals surface area contributed by atoms with E-state index >= 15 is 0 Å². The van der Waals surface area contributed by atoms with Gasteiger partial charge >= 0.3 is 18.2 Å². The number of nitrogens with two attached hydrogens (primary N) is 1. The van der Waals surface area contributed by atoms with Crippen LogP contribution in [0.2, 0.25) is 0 Å². The molecule has 2 fully saturated rings. The zero-order valence-corrected chi connectivity index (χ0v) is 29.5. The molecule has 4 rings (SSSR count). The third-order valence-electron chi connectivity index (χ3n) is 7.53. The number of carbonyl (C=O) groups excluding carboxylic acids is 3. The van der Waals surface area contributed by atoms with Crippen LogP contribution in [0.3, 0.4) is 0 Å². The van der Waals surface area contributed by atoms with E-state index in [-0.39, 0.29) is 63.5 Å². The van der Waals surface area contributed by atoms with Gasteiger partial charge in [-0.2, -0.15) is 10.5 Å². The van der Waals surface area contributed by atoms with Crippen LogP contribution >= 0.6 is 0 Å². The lowest BCUT2D eigenvalue weighted by Crippen LogP contribution is -2.48. The summed E-state index contributed by atoms with van der Waals surface area (Å²) in [6.07, 6.45) is 1.80. The lowest BCUT2D eigenvalue weighted by molar-refractivity contribution is -0.147. The molecule has 2 aliphatic rings. The van der Waals surface area contributed by atoms with Crippen molar-refractivity contribution in [1.82, 2.24) is 19.8 Å². The fraction of sp³-hybridized carbons (Fsp3) is 0.529. The second-order valence-electron chi connectivity index (χ2n) is 13.8. The number of carboxylic acid groups (broad SMARTS) is 1. The van der Waals surface area contributed by atoms with E-state index in [2.05, 4.69) is 21.4 Å². The summed E-state index contributed by atoms with van der Waals surface area (Å²) in [5.41, 5.74) is 1.35. The number of aromatic nitrogens is 2. The summed E-state index contributed by atoms with van der Waals surface area (Å²) in [6, 6.07) is 9.09. The minimum atomic E-state index is -1.36. The minimum Gasteiger partial charge on any atom is -0.480 e. The molecule has 0 unspecified atom stereocenters. The smallest absolute Gasteiger partial charge is 0.410 e. The van der Waals surface area contributed by atoms with E-state index in [4.69, 9.17) is 25.6 Å². The van der Waals surface area contributed by atoms with Gasteiger partial charge in [-0.3, -0.25) is 9.59 Å². The molecule has 2 aliphatic heterocycles. The van der Waals surface area contributed by atoms with Gasteiger partial charge in [0.1, 0.15) is 39.9 Å². The highest BCUT2D eigenvalue weighted by atomic mass is 19.1. The molecule has 0 spiro atoms. The van der Waals surface area contributed by atoms with Crippen molar-refractivity contribution in [3.63, 3.8) is 0 Å². The number of nitrogen functional groups attached to an aromatic ring is 1. The topological polar surface area (TPSA) is 225 Å². The zero-order chi connectivity index (χ0) is 38.6. The number of anilines is 2. The first kappa shape index (κ1) is 41.6. The van der Waals surface area contributed by atoms with Gasteiger partial charge in [-0.25, -0.2) is 28.3 Å². The number of carbonyl (C=O) groups is 4. The lowest BCUT2D eigenvalue weighted by Gasteiger charge is -2.36. The summed E-state index contributed by atoms with van der Waals surface area (Å²) >= 11 is 0. The first-order chi connectivity index (χ1) is 23.6. The van der Waals surface area contributed by atoms with Crippen LogP contribution in [0.1, 0.15) is 67.2 Å². The number of carboxylic acids is 1. The number of rotatable bonds is 3. The predicted octanol–water partition coefficient (Wildman–Crippen LogP) is 5.11. The molecule has 0 radical (unpaired) electrons. The highest BCUT2D eigenvalue weighted by Crippen LogP contribution is 2.33. The third-order valence-corrected chi connectivity index (χ3v) is 7.53. The Balaban J connectivity index is 0.000000300. The number of hydrogen-bond donors (Lipinski definition) is 3. The summed E-state index contributed by atoms with van der Waals surface area (Å²) < 4.78 is 35.3. The Kier molecular flexibility index (Phi) is 14.2. The average molecular weight is 715 g/mol. The number of nitrogens with one attached hydrogen (secondary N) is 1. The van der Waals surface area contributed by atoms with Crippen molar-refractivity contribution in [2.75, 3.05) is 37.2 Å². The summed E-state index contributed by atoms with van der Waals surface area (Å²) in [5, 5.41) is 30.1. The van der Waals surface area contributed by atoms with Crippen LogP contribution in [-0.4, -0.2) is 86.3 Å². The van der Waals surface area contributed by atoms with Crippen LogP contribution in [-0.2, 0) is 19.1 Å². The molecule has 15 nitrogen and oxygen atoms in total. The minimum absolute atomic E-state index is 0.137. The Morgan fingerprint density at radius 3 is 1.51 bits per heavy atom. The molecule has 51 heavy (non-hydrogen) atoms. The van der Waals surface area contributed by atoms with E-state index in [1.807, 2.05) is 6.07 Å². The number of ether oxygens (including phenoxy) is 2. The molecule has 0 atom stereocenters. The quantitative estimate of drug-likeness (QED) is 0.377. The molecule has 0 saturated carbocycles. The molecule has 17 heteroatoms. The van der Waals surface area contributed by atoms with Crippen molar-refractivity contribution in [1.29, 1.82) is 10.5 Å². The van der Waals surface area contributed by atoms with Gasteiger partial charge in [0.05, 0.1) is 24.5 Å². The van der Waals surface area contributed by atoms with Gasteiger partial charge in [-0.15, -0.1) is 0 Å². The van der Waals surface area contributed by atoms with Crippen molar-refractivity contribution in [3.8, 4) is 12.1 Å². The Labute approximate surface area is 295 Å². The van der Waals surface area contributed by atoms with Gasteiger partial charge in [0.25, 0.3) is 0 Å². The first-order valence-electron chi connectivity index (χ1n) is 16.0. The summed E-state index contributed by atoms with van der Waals surface area (Å²) in [4.78, 5) is 57.6. The van der Waals surface area contributed by atoms with Gasteiger partial charge in [0.2, 0.25) is 5.91 Å². The molecule has 2 saturated heterocycles. The number of likely N-dealkylation sites (tertiary alicyclic amines) is 2. The van der Waals surface area contributed by atoms with Gasteiger partial charge in [-0.05, 0) is 91.5 Å². The lowest BCUT2D eigenvalue weighted by atomic mass is 9.79. The van der Waals surface area contributed by atoms with E-state index in [9.17, 15) is 33.2 Å². The number of aliphatic carboxylic acids is 1. The number of halogens is 2. The molecule has 0 bridgehead atoms. The van der Waals surface area contributed by atoms with Crippen LogP contribution in [0.4, 0.5) is 30.0 Å². The monoisotopic (exact) mass is 714 g/mol. The number of amides is 3. The van der Waals surface area contributed by atoms with Crippen LogP contribution in [0.25, 0.3) is 0 Å². The Bertz CT molecular complexity index is 1570. The summed E-state index contributed by atoms with van der Waals surface area (Å²) in [7, 11) is 0. The van der Waals surface area contributed by atoms with E-state index in [0.717, 1.165) is 12.4 Å². The first-order valence-corrected chi connectivity index (χ1v) is 16.0. The maximum Gasteiger partial charge on any atom is 0.410 e. The number of piperidine rings is 2. The number of nitriles is 2.